The van der Waals surface area contributed by atoms with Gasteiger partial charge >= 0.3 is 0 Å². The van der Waals surface area contributed by atoms with Crippen LogP contribution in [0.5, 0.6) is 0 Å². The zero-order valence-electron chi connectivity index (χ0n) is 11.2. The second kappa shape index (κ2) is 6.33. The second-order valence-corrected chi connectivity index (χ2v) is 4.08. The first-order valence-corrected chi connectivity index (χ1v) is 6.03. The van der Waals surface area contributed by atoms with Crippen LogP contribution in [-0.4, -0.2) is 31.2 Å². The van der Waals surface area contributed by atoms with E-state index >= 15 is 0 Å². The number of carbonyl (C=O) groups is 1. The van der Waals surface area contributed by atoms with E-state index in [2.05, 4.69) is 25.5 Å². The Morgan fingerprint density at radius 2 is 2.14 bits per heavy atom. The van der Waals surface area contributed by atoms with Gasteiger partial charge in [-0.25, -0.2) is 4.98 Å². The third-order valence-electron chi connectivity index (χ3n) is 2.42. The molecule has 0 amide bonds. The monoisotopic (exact) mass is 286 g/mol. The Balaban J connectivity index is 0.000000361. The summed E-state index contributed by atoms with van der Waals surface area (Å²) in [5.74, 6) is 0.0700. The van der Waals surface area contributed by atoms with E-state index in [0.29, 0.717) is 5.82 Å². The Bertz CT molecular complexity index is 751. The summed E-state index contributed by atoms with van der Waals surface area (Å²) in [6, 6.07) is 7.61. The zero-order valence-corrected chi connectivity index (χ0v) is 11.2. The maximum absolute atomic E-state index is 9.00. The van der Waals surface area contributed by atoms with Gasteiger partial charge in [-0.1, -0.05) is 6.07 Å². The number of hydrogen-bond donors (Lipinski definition) is 4. The summed E-state index contributed by atoms with van der Waals surface area (Å²) in [6.45, 7) is 1.08. The van der Waals surface area contributed by atoms with E-state index in [1.807, 2.05) is 18.2 Å². The third kappa shape index (κ3) is 3.90. The van der Waals surface area contributed by atoms with Crippen molar-refractivity contribution in [2.24, 2.45) is 0 Å². The van der Waals surface area contributed by atoms with Gasteiger partial charge < -0.3 is 16.2 Å². The predicted molar refractivity (Wildman–Crippen MR) is 79.1 cm³/mol. The van der Waals surface area contributed by atoms with Crippen LogP contribution in [0.15, 0.2) is 36.7 Å². The molecule has 0 aliphatic heterocycles. The quantitative estimate of drug-likeness (QED) is 0.564. The molecule has 0 radical (unpaired) electrons. The summed E-state index contributed by atoms with van der Waals surface area (Å²) < 4.78 is 0. The van der Waals surface area contributed by atoms with Gasteiger partial charge in [0, 0.05) is 18.5 Å². The Morgan fingerprint density at radius 3 is 2.86 bits per heavy atom. The van der Waals surface area contributed by atoms with Gasteiger partial charge in [0.1, 0.15) is 5.82 Å². The standard InChI is InChI=1S/C11H10N6.C2H4O2/c12-11-13-5-4-10(16-11)15-8-2-1-3-9-7(8)6-14-17-9;1-2(3)4/h1-6H,(H,14,17)(H3,12,13,15,16);1H3,(H,3,4). The summed E-state index contributed by atoms with van der Waals surface area (Å²) in [7, 11) is 0. The number of carboxylic acid groups (broad SMARTS) is 1. The Kier molecular flexibility index (Phi) is 4.30. The smallest absolute Gasteiger partial charge is 0.300 e. The molecule has 0 atom stereocenters. The molecule has 0 saturated carbocycles. The number of aromatic nitrogens is 4. The van der Waals surface area contributed by atoms with Crippen LogP contribution in [0, 0.1) is 0 Å². The largest absolute Gasteiger partial charge is 0.481 e. The minimum atomic E-state index is -0.833. The van der Waals surface area contributed by atoms with Gasteiger partial charge in [-0.05, 0) is 18.2 Å². The number of nitrogens with zero attached hydrogens (tertiary/aromatic N) is 3. The summed E-state index contributed by atoms with van der Waals surface area (Å²) in [4.78, 5) is 16.9. The number of nitrogen functional groups attached to an aromatic ring is 1. The van der Waals surface area contributed by atoms with Crippen molar-refractivity contribution in [3.8, 4) is 0 Å². The van der Waals surface area contributed by atoms with Crippen LogP contribution in [0.1, 0.15) is 6.92 Å². The number of aliphatic carboxylic acids is 1. The highest BCUT2D eigenvalue weighted by Gasteiger charge is 2.03. The number of fused-ring (bicyclic) bond motifs is 1. The molecule has 3 rings (SSSR count). The van der Waals surface area contributed by atoms with Gasteiger partial charge in [0.25, 0.3) is 5.97 Å². The van der Waals surface area contributed by atoms with Crippen molar-refractivity contribution in [3.05, 3.63) is 36.7 Å². The van der Waals surface area contributed by atoms with Crippen molar-refractivity contribution in [1.29, 1.82) is 0 Å². The molecule has 1 aromatic carbocycles. The molecule has 0 aliphatic rings. The van der Waals surface area contributed by atoms with Crippen LogP contribution in [0.25, 0.3) is 10.9 Å². The van der Waals surface area contributed by atoms with Crippen molar-refractivity contribution >= 4 is 34.3 Å². The number of benzene rings is 1. The van der Waals surface area contributed by atoms with Crippen molar-refractivity contribution in [2.75, 3.05) is 11.1 Å². The van der Waals surface area contributed by atoms with Crippen LogP contribution in [-0.2, 0) is 4.79 Å². The molecule has 0 aliphatic carbocycles. The maximum atomic E-state index is 9.00. The Labute approximate surface area is 120 Å². The van der Waals surface area contributed by atoms with Gasteiger partial charge in [0.15, 0.2) is 0 Å². The van der Waals surface area contributed by atoms with Gasteiger partial charge in [-0.3, -0.25) is 9.89 Å². The molecule has 3 aromatic rings. The van der Waals surface area contributed by atoms with Gasteiger partial charge in [0.05, 0.1) is 17.4 Å². The molecule has 0 spiro atoms. The number of nitrogens with two attached hydrogens (primary N) is 1. The molecule has 8 heteroatoms. The lowest BCUT2D eigenvalue weighted by Crippen LogP contribution is -1.99. The van der Waals surface area contributed by atoms with Crippen molar-refractivity contribution < 1.29 is 9.90 Å². The van der Waals surface area contributed by atoms with E-state index in [0.717, 1.165) is 23.5 Å². The number of aromatic amines is 1. The van der Waals surface area contributed by atoms with Crippen LogP contribution in [0.4, 0.5) is 17.5 Å². The second-order valence-electron chi connectivity index (χ2n) is 4.08. The van der Waals surface area contributed by atoms with Crippen molar-refractivity contribution in [1.82, 2.24) is 20.2 Å². The minimum absolute atomic E-state index is 0.245. The maximum Gasteiger partial charge on any atom is 0.300 e. The normalized spacial score (nSPS) is 9.76. The van der Waals surface area contributed by atoms with Crippen molar-refractivity contribution in [3.63, 3.8) is 0 Å². The molecular formula is C13H14N6O2. The summed E-state index contributed by atoms with van der Waals surface area (Å²) in [6.07, 6.45) is 3.38. The average Bonchev–Trinajstić information content (AvgIpc) is 2.87. The van der Waals surface area contributed by atoms with E-state index in [-0.39, 0.29) is 5.95 Å². The van der Waals surface area contributed by atoms with Gasteiger partial charge in [0.2, 0.25) is 5.95 Å². The number of hydrogen-bond acceptors (Lipinski definition) is 6. The van der Waals surface area contributed by atoms with Crippen LogP contribution >= 0.6 is 0 Å². The first kappa shape index (κ1) is 14.3. The van der Waals surface area contributed by atoms with E-state index in [1.165, 1.54) is 0 Å². The molecule has 5 N–H and O–H groups in total. The van der Waals surface area contributed by atoms with Gasteiger partial charge in [-0.15, -0.1) is 0 Å². The first-order chi connectivity index (χ1) is 10.1. The van der Waals surface area contributed by atoms with E-state index in [4.69, 9.17) is 15.6 Å². The average molecular weight is 286 g/mol. The van der Waals surface area contributed by atoms with E-state index < -0.39 is 5.97 Å². The summed E-state index contributed by atoms with van der Waals surface area (Å²) in [5, 5.41) is 18.5. The minimum Gasteiger partial charge on any atom is -0.481 e. The molecule has 0 unspecified atom stereocenters. The number of nitrogens with one attached hydrogen (secondary N) is 2. The first-order valence-electron chi connectivity index (χ1n) is 6.03. The lowest BCUT2D eigenvalue weighted by molar-refractivity contribution is -0.134. The van der Waals surface area contributed by atoms with Crippen LogP contribution < -0.4 is 11.1 Å². The highest BCUT2D eigenvalue weighted by Crippen LogP contribution is 2.23. The van der Waals surface area contributed by atoms with E-state index in [1.54, 1.807) is 18.5 Å². The topological polar surface area (TPSA) is 130 Å². The highest BCUT2D eigenvalue weighted by atomic mass is 16.4. The fraction of sp³-hybridized carbons (Fsp3) is 0.0769. The molecule has 2 aromatic heterocycles. The zero-order chi connectivity index (χ0) is 15.2. The fourth-order valence-electron chi connectivity index (χ4n) is 1.66. The predicted octanol–water partition coefficient (Wildman–Crippen LogP) is 1.77. The Hall–Kier alpha value is -3.16. The van der Waals surface area contributed by atoms with Crippen LogP contribution in [0.2, 0.25) is 0 Å². The number of H-pyrrole nitrogens is 1. The molecule has 2 heterocycles. The van der Waals surface area contributed by atoms with E-state index in [9.17, 15) is 0 Å². The fourth-order valence-corrected chi connectivity index (χ4v) is 1.66. The number of rotatable bonds is 2. The molecule has 21 heavy (non-hydrogen) atoms. The third-order valence-corrected chi connectivity index (χ3v) is 2.42. The lowest BCUT2D eigenvalue weighted by Gasteiger charge is -2.06. The molecule has 8 nitrogen and oxygen atoms in total. The molecule has 108 valence electrons. The number of anilines is 3. The molecular weight excluding hydrogens is 272 g/mol. The summed E-state index contributed by atoms with van der Waals surface area (Å²) in [5.41, 5.74) is 7.42. The number of carboxylic acids is 1. The summed E-state index contributed by atoms with van der Waals surface area (Å²) >= 11 is 0. The molecule has 0 fully saturated rings. The van der Waals surface area contributed by atoms with Crippen LogP contribution in [0.3, 0.4) is 0 Å². The lowest BCUT2D eigenvalue weighted by atomic mass is 10.2. The van der Waals surface area contributed by atoms with Gasteiger partial charge in [-0.2, -0.15) is 10.1 Å². The molecule has 0 bridgehead atoms. The SMILES string of the molecule is CC(=O)O.Nc1nccc(Nc2cccc3[nH]ncc23)n1. The highest BCUT2D eigenvalue weighted by molar-refractivity contribution is 5.92. The van der Waals surface area contributed by atoms with Crippen molar-refractivity contribution in [2.45, 2.75) is 6.92 Å². The molecule has 0 saturated heterocycles. The Morgan fingerprint density at radius 1 is 1.38 bits per heavy atom.